The fourth-order valence-electron chi connectivity index (χ4n) is 4.39. The van der Waals surface area contributed by atoms with E-state index in [2.05, 4.69) is 102 Å². The number of nitrogens with one attached hydrogen (secondary N) is 1. The summed E-state index contributed by atoms with van der Waals surface area (Å²) in [5, 5.41) is 3.22. The summed E-state index contributed by atoms with van der Waals surface area (Å²) in [6.07, 6.45) is 12.2. The van der Waals surface area contributed by atoms with Gasteiger partial charge in [-0.25, -0.2) is 15.0 Å². The van der Waals surface area contributed by atoms with Crippen molar-refractivity contribution >= 4 is 17.0 Å². The number of nitrogens with two attached hydrogens (primary N) is 1. The van der Waals surface area contributed by atoms with Crippen molar-refractivity contribution in [1.29, 1.82) is 0 Å². The third-order valence-corrected chi connectivity index (χ3v) is 6.33. The number of amidine groups is 1. The minimum absolute atomic E-state index is 0.0456. The van der Waals surface area contributed by atoms with Gasteiger partial charge in [-0.15, -0.1) is 0 Å². The number of allylic oxidation sites excluding steroid dienone is 3. The second kappa shape index (κ2) is 24.4. The van der Waals surface area contributed by atoms with E-state index in [0.717, 1.165) is 54.7 Å². The van der Waals surface area contributed by atoms with Crippen LogP contribution in [0.15, 0.2) is 62.9 Å². The largest absolute Gasteiger partial charge is 0.344 e. The lowest BCUT2D eigenvalue weighted by Crippen LogP contribution is -2.26. The molecule has 1 aliphatic heterocycles. The fraction of sp³-hybridized carbons (Fsp3) is 0.611. The van der Waals surface area contributed by atoms with Gasteiger partial charge in [0.25, 0.3) is 5.56 Å². The summed E-state index contributed by atoms with van der Waals surface area (Å²) in [6, 6.07) is 2.20. The van der Waals surface area contributed by atoms with Gasteiger partial charge in [0.15, 0.2) is 5.65 Å². The molecule has 0 fully saturated rings. The van der Waals surface area contributed by atoms with Crippen molar-refractivity contribution in [3.63, 3.8) is 0 Å². The molecule has 7 nitrogen and oxygen atoms in total. The summed E-state index contributed by atoms with van der Waals surface area (Å²) in [4.78, 5) is 25.4. The highest BCUT2D eigenvalue weighted by atomic mass is 16.1. The maximum absolute atomic E-state index is 12.2. The molecule has 0 atom stereocenters. The molecule has 3 heterocycles. The van der Waals surface area contributed by atoms with Gasteiger partial charge in [0, 0.05) is 29.2 Å². The van der Waals surface area contributed by atoms with Crippen molar-refractivity contribution in [3.8, 4) is 0 Å². The summed E-state index contributed by atoms with van der Waals surface area (Å²) in [5.74, 6) is 0.955. The molecular formula is C36H64N6O. The average Bonchev–Trinajstić information content (AvgIpc) is 3.29. The Morgan fingerprint density at radius 2 is 1.44 bits per heavy atom. The molecule has 0 amide bonds. The Labute approximate surface area is 263 Å². The van der Waals surface area contributed by atoms with Gasteiger partial charge in [-0.1, -0.05) is 92.7 Å². The van der Waals surface area contributed by atoms with Gasteiger partial charge in [0.1, 0.15) is 11.4 Å². The van der Waals surface area contributed by atoms with Crippen LogP contribution in [0.2, 0.25) is 0 Å². The smallest absolute Gasteiger partial charge is 0.270 e. The lowest BCUT2D eigenvalue weighted by atomic mass is 10.0. The summed E-state index contributed by atoms with van der Waals surface area (Å²) in [5.41, 5.74) is 13.0. The van der Waals surface area contributed by atoms with Crippen LogP contribution in [0.3, 0.4) is 0 Å². The van der Waals surface area contributed by atoms with Crippen molar-refractivity contribution in [1.82, 2.24) is 19.9 Å². The van der Waals surface area contributed by atoms with Crippen molar-refractivity contribution in [2.75, 3.05) is 7.05 Å². The number of aryl methyl sites for hydroxylation is 1. The maximum Gasteiger partial charge on any atom is 0.270 e. The zero-order chi connectivity index (χ0) is 33.5. The first kappa shape index (κ1) is 42.1. The number of unbranched alkanes of at least 4 members (excludes halogenated alkanes) is 1. The van der Waals surface area contributed by atoms with Gasteiger partial charge in [-0.05, 0) is 78.1 Å². The molecule has 0 bridgehead atoms. The van der Waals surface area contributed by atoms with Crippen LogP contribution in [0, 0.1) is 6.92 Å². The standard InChI is InChI=1S/C15H21N3O.C13H20N2.C4H10.C3H8.CH5N/c1-4-6-12(7-5-2)18-14(19)10-16-13-8-11(3)9-17-15(13)18;1-7-11-10(6)12(8(2)3)13(15-11)14-9(4)5;1-3-4-2;1-3-2;1-2/h8-10,12H,4-7H2,1-3H3;4,7H2,1-3,5-6H3,(H,14,15);3-4H2,1-2H3;3H2,1-2H3;2H2,1H3. The highest BCUT2D eigenvalue weighted by Crippen LogP contribution is 2.28. The van der Waals surface area contributed by atoms with Gasteiger partial charge in [0.05, 0.1) is 6.20 Å². The molecular weight excluding hydrogens is 532 g/mol. The van der Waals surface area contributed by atoms with Crippen LogP contribution in [0.25, 0.3) is 11.2 Å². The van der Waals surface area contributed by atoms with Crippen molar-refractivity contribution in [3.05, 3.63) is 69.1 Å². The summed E-state index contributed by atoms with van der Waals surface area (Å²) in [7, 11) is 1.50. The molecule has 0 unspecified atom stereocenters. The Balaban J connectivity index is 0. The minimum Gasteiger partial charge on any atom is -0.344 e. The Bertz CT molecular complexity index is 1220. The van der Waals surface area contributed by atoms with Crippen LogP contribution < -0.4 is 16.6 Å². The third kappa shape index (κ3) is 14.8. The first-order valence-electron chi connectivity index (χ1n) is 16.3. The monoisotopic (exact) mass is 597 g/mol. The molecule has 43 heavy (non-hydrogen) atoms. The predicted octanol–water partition coefficient (Wildman–Crippen LogP) is 9.58. The molecule has 2 aromatic heterocycles. The first-order chi connectivity index (χ1) is 20.5. The van der Waals surface area contributed by atoms with E-state index >= 15 is 0 Å². The molecule has 0 aromatic carbocycles. The second-order valence-corrected chi connectivity index (χ2v) is 10.9. The Morgan fingerprint density at radius 1 is 0.907 bits per heavy atom. The molecule has 0 saturated carbocycles. The number of rotatable bonds is 8. The highest BCUT2D eigenvalue weighted by molar-refractivity contribution is 6.06. The van der Waals surface area contributed by atoms with Gasteiger partial charge in [-0.3, -0.25) is 9.36 Å². The van der Waals surface area contributed by atoms with Gasteiger partial charge >= 0.3 is 0 Å². The van der Waals surface area contributed by atoms with Gasteiger partial charge in [0.2, 0.25) is 0 Å². The lowest BCUT2D eigenvalue weighted by molar-refractivity contribution is 0.424. The summed E-state index contributed by atoms with van der Waals surface area (Å²) in [6.45, 7) is 29.2. The van der Waals surface area contributed by atoms with Crippen LogP contribution >= 0.6 is 0 Å². The fourth-order valence-corrected chi connectivity index (χ4v) is 4.39. The molecule has 3 N–H and O–H groups in total. The van der Waals surface area contributed by atoms with Gasteiger partial charge in [-0.2, -0.15) is 0 Å². The molecule has 0 saturated heterocycles. The minimum atomic E-state index is -0.0456. The van der Waals surface area contributed by atoms with E-state index in [1.54, 1.807) is 6.20 Å². The van der Waals surface area contributed by atoms with E-state index in [-0.39, 0.29) is 11.6 Å². The van der Waals surface area contributed by atoms with E-state index in [0.29, 0.717) is 5.65 Å². The van der Waals surface area contributed by atoms with Crippen LogP contribution in [0.5, 0.6) is 0 Å². The van der Waals surface area contributed by atoms with Crippen LogP contribution in [0.4, 0.5) is 0 Å². The molecule has 0 radical (unpaired) electrons. The van der Waals surface area contributed by atoms with Crippen molar-refractivity contribution < 1.29 is 0 Å². The van der Waals surface area contributed by atoms with E-state index < -0.39 is 0 Å². The third-order valence-electron chi connectivity index (χ3n) is 6.33. The van der Waals surface area contributed by atoms with E-state index in [4.69, 9.17) is 0 Å². The maximum atomic E-state index is 12.2. The number of fused-ring (bicyclic) bond motifs is 1. The topological polar surface area (TPSA) is 98.2 Å². The second-order valence-electron chi connectivity index (χ2n) is 10.9. The Kier molecular flexibility index (Phi) is 23.9. The molecule has 244 valence electrons. The number of nitrogens with zero attached hydrogens (tertiary/aromatic N) is 4. The predicted molar refractivity (Wildman–Crippen MR) is 191 cm³/mol. The molecule has 1 aliphatic rings. The Morgan fingerprint density at radius 3 is 1.86 bits per heavy atom. The zero-order valence-electron chi connectivity index (χ0n) is 29.9. The van der Waals surface area contributed by atoms with Crippen LogP contribution in [0.1, 0.15) is 139 Å². The molecule has 7 heteroatoms. The normalized spacial score (nSPS) is 11.7. The van der Waals surface area contributed by atoms with Crippen LogP contribution in [-0.4, -0.2) is 27.4 Å². The number of aromatic nitrogens is 3. The first-order valence-corrected chi connectivity index (χ1v) is 16.3. The lowest BCUT2D eigenvalue weighted by Gasteiger charge is -2.19. The molecule has 3 rings (SSSR count). The number of aliphatic imine (C=N–C) groups is 1. The number of pyridine rings is 1. The van der Waals surface area contributed by atoms with E-state index in [1.807, 2.05) is 24.5 Å². The molecule has 0 aliphatic carbocycles. The zero-order valence-corrected chi connectivity index (χ0v) is 29.9. The SMILES string of the molecule is C=C(C)NC1=NC(CC)=C(C)C1=C(C)C.CCC.CCCC.CCCC(CCC)n1c(=O)cnc2cc(C)cnc21.CN. The van der Waals surface area contributed by atoms with Gasteiger partial charge < -0.3 is 11.1 Å². The summed E-state index contributed by atoms with van der Waals surface area (Å²) >= 11 is 0. The quantitative estimate of drug-likeness (QED) is 0.316. The van der Waals surface area contributed by atoms with Crippen molar-refractivity contribution in [2.24, 2.45) is 10.7 Å². The van der Waals surface area contributed by atoms with E-state index in [9.17, 15) is 4.79 Å². The van der Waals surface area contributed by atoms with Crippen LogP contribution in [-0.2, 0) is 0 Å². The molecule has 0 spiro atoms. The van der Waals surface area contributed by atoms with Crippen molar-refractivity contribution in [2.45, 2.75) is 140 Å². The summed E-state index contributed by atoms with van der Waals surface area (Å²) < 4.78 is 1.83. The molecule has 2 aromatic rings. The number of hydrogen-bond donors (Lipinski definition) is 2. The number of hydrogen-bond acceptors (Lipinski definition) is 6. The highest BCUT2D eigenvalue weighted by Gasteiger charge is 2.20. The Hall–Kier alpha value is -3.06. The van der Waals surface area contributed by atoms with E-state index in [1.165, 1.54) is 54.9 Å². The average molecular weight is 597 g/mol.